The molecule has 0 saturated heterocycles. The maximum Gasteiger partial charge on any atom is 0.472 e. The van der Waals surface area contributed by atoms with E-state index in [4.69, 9.17) is 4.52 Å². The van der Waals surface area contributed by atoms with Gasteiger partial charge in [-0.25, -0.2) is 4.57 Å². The van der Waals surface area contributed by atoms with Crippen molar-refractivity contribution in [1.82, 2.24) is 0 Å². The third kappa shape index (κ3) is 2.85. The average molecular weight is 384 g/mol. The van der Waals surface area contributed by atoms with Gasteiger partial charge in [0.15, 0.2) is 0 Å². The van der Waals surface area contributed by atoms with Gasteiger partial charge in [0.05, 0.1) is 6.10 Å². The van der Waals surface area contributed by atoms with Crippen molar-refractivity contribution < 1.29 is 23.3 Å². The van der Waals surface area contributed by atoms with Crippen LogP contribution in [0.25, 0.3) is 0 Å². The van der Waals surface area contributed by atoms with Crippen molar-refractivity contribution >= 4 is 13.6 Å². The van der Waals surface area contributed by atoms with Crippen molar-refractivity contribution in [3.63, 3.8) is 0 Å². The largest absolute Gasteiger partial charge is 0.472 e. The highest BCUT2D eigenvalue weighted by atomic mass is 31.2. The number of carbonyl (C=O) groups is 1. The molecule has 0 amide bonds. The van der Waals surface area contributed by atoms with Crippen LogP contribution < -0.4 is 0 Å². The summed E-state index contributed by atoms with van der Waals surface area (Å²) in [6.07, 6.45) is 8.99. The van der Waals surface area contributed by atoms with Crippen LogP contribution in [-0.4, -0.2) is 23.9 Å². The first-order chi connectivity index (χ1) is 12.2. The second kappa shape index (κ2) is 6.40. The van der Waals surface area contributed by atoms with Crippen LogP contribution in [0.15, 0.2) is 0 Å². The summed E-state index contributed by atoms with van der Waals surface area (Å²) in [5, 5.41) is 0. The summed E-state index contributed by atoms with van der Waals surface area (Å²) in [6.45, 7) is 4.67. The number of Topliss-reactive ketones (excluding diaryl/α,β-unsaturated/α-hetero) is 1. The molecule has 4 fully saturated rings. The van der Waals surface area contributed by atoms with E-state index in [-0.39, 0.29) is 16.9 Å². The maximum atomic E-state index is 12.5. The van der Waals surface area contributed by atoms with Gasteiger partial charge in [-0.3, -0.25) is 13.8 Å². The minimum atomic E-state index is -3.91. The predicted molar refractivity (Wildman–Crippen MR) is 98.4 cm³/mol. The fraction of sp³-hybridized carbons (Fsp3) is 0.950. The summed E-state index contributed by atoms with van der Waals surface area (Å²) >= 11 is 0. The second-order valence-corrected chi connectivity index (χ2v) is 11.2. The van der Waals surface area contributed by atoms with Crippen LogP contribution >= 0.6 is 7.82 Å². The quantitative estimate of drug-likeness (QED) is 0.712. The minimum absolute atomic E-state index is 0.0628. The topological polar surface area (TPSA) is 72.8 Å². The molecule has 0 heterocycles. The number of phosphoric acid groups is 1. The van der Waals surface area contributed by atoms with Gasteiger partial charge in [0.1, 0.15) is 5.78 Å². The van der Waals surface area contributed by atoms with E-state index < -0.39 is 7.82 Å². The lowest BCUT2D eigenvalue weighted by Crippen LogP contribution is -2.54. The zero-order valence-electron chi connectivity index (χ0n) is 16.3. The second-order valence-electron chi connectivity index (χ2n) is 9.73. The van der Waals surface area contributed by atoms with E-state index in [0.29, 0.717) is 29.5 Å². The van der Waals surface area contributed by atoms with Gasteiger partial charge in [-0.1, -0.05) is 13.8 Å². The number of ketones is 1. The summed E-state index contributed by atoms with van der Waals surface area (Å²) in [6, 6.07) is 0. The van der Waals surface area contributed by atoms with Crippen LogP contribution in [0.3, 0.4) is 0 Å². The molecule has 0 aromatic rings. The standard InChI is InChI=1S/C20H33O5P/c1-19-10-8-14(25-26(22,23)24-3)12-13(19)4-5-15-16-6-7-18(21)20(16,2)11-9-17(15)19/h13-17H,4-12H2,1-3H3,(H,22,23)/t13-,14-,15-,16-,17-,19-,20-/m0/s1. The fourth-order valence-corrected chi connectivity index (χ4v) is 7.97. The molecule has 4 rings (SSSR count). The Morgan fingerprint density at radius 3 is 2.58 bits per heavy atom. The van der Waals surface area contributed by atoms with Crippen molar-refractivity contribution in [1.29, 1.82) is 0 Å². The minimum Gasteiger partial charge on any atom is -0.302 e. The Hall–Kier alpha value is -0.220. The highest BCUT2D eigenvalue weighted by Gasteiger charge is 2.60. The highest BCUT2D eigenvalue weighted by molar-refractivity contribution is 7.47. The zero-order valence-corrected chi connectivity index (χ0v) is 17.2. The van der Waals surface area contributed by atoms with Crippen molar-refractivity contribution in [2.24, 2.45) is 34.5 Å². The average Bonchev–Trinajstić information content (AvgIpc) is 2.90. The SMILES string of the molecule is COP(=O)(O)O[C@H]1CC[C@@]2(C)[C@@H](CC[C@@H]3[C@@H]2CC[C@]2(C)C(=O)CC[C@@H]32)C1. The molecule has 4 aliphatic rings. The first-order valence-electron chi connectivity index (χ1n) is 10.3. The Morgan fingerprint density at radius 2 is 1.85 bits per heavy atom. The Balaban J connectivity index is 1.51. The molecular weight excluding hydrogens is 351 g/mol. The molecule has 0 aromatic carbocycles. The molecule has 8 atom stereocenters. The molecule has 0 bridgehead atoms. The Labute approximate surface area is 156 Å². The monoisotopic (exact) mass is 384 g/mol. The van der Waals surface area contributed by atoms with Crippen LogP contribution in [-0.2, 0) is 18.4 Å². The van der Waals surface area contributed by atoms with Gasteiger partial charge in [0.2, 0.25) is 0 Å². The highest BCUT2D eigenvalue weighted by Crippen LogP contribution is 2.66. The maximum absolute atomic E-state index is 12.5. The first kappa shape index (κ1) is 19.1. The molecule has 6 heteroatoms. The number of hydrogen-bond acceptors (Lipinski definition) is 4. The van der Waals surface area contributed by atoms with Crippen molar-refractivity contribution in [3.8, 4) is 0 Å². The van der Waals surface area contributed by atoms with Gasteiger partial charge >= 0.3 is 7.82 Å². The summed E-state index contributed by atoms with van der Waals surface area (Å²) in [7, 11) is -2.69. The van der Waals surface area contributed by atoms with Crippen LogP contribution in [0.4, 0.5) is 0 Å². The van der Waals surface area contributed by atoms with Gasteiger partial charge < -0.3 is 4.89 Å². The van der Waals surface area contributed by atoms with Crippen molar-refractivity contribution in [2.45, 2.75) is 77.7 Å². The third-order valence-electron chi connectivity index (χ3n) is 8.84. The Bertz CT molecular complexity index is 636. The number of hydrogen-bond donors (Lipinski definition) is 1. The molecule has 26 heavy (non-hydrogen) atoms. The van der Waals surface area contributed by atoms with E-state index in [1.807, 2.05) is 0 Å². The molecule has 4 aliphatic carbocycles. The van der Waals surface area contributed by atoms with Gasteiger partial charge in [0, 0.05) is 18.9 Å². The first-order valence-corrected chi connectivity index (χ1v) is 11.8. The number of phosphoric ester groups is 1. The summed E-state index contributed by atoms with van der Waals surface area (Å²) in [5.41, 5.74) is 0.217. The number of carbonyl (C=O) groups excluding carboxylic acids is 1. The lowest BCUT2D eigenvalue weighted by atomic mass is 9.45. The Kier molecular flexibility index (Phi) is 4.71. The van der Waals surface area contributed by atoms with Gasteiger partial charge in [-0.2, -0.15) is 0 Å². The van der Waals surface area contributed by atoms with E-state index in [9.17, 15) is 14.3 Å². The summed E-state index contributed by atoms with van der Waals surface area (Å²) < 4.78 is 21.8. The third-order valence-corrected chi connectivity index (χ3v) is 9.87. The lowest BCUT2D eigenvalue weighted by molar-refractivity contribution is -0.142. The van der Waals surface area contributed by atoms with Crippen LogP contribution in [0, 0.1) is 34.5 Å². The van der Waals surface area contributed by atoms with E-state index in [2.05, 4.69) is 18.4 Å². The van der Waals surface area contributed by atoms with Gasteiger partial charge in [-0.05, 0) is 80.5 Å². The number of rotatable bonds is 3. The molecule has 4 saturated carbocycles. The molecule has 1 N–H and O–H groups in total. The molecule has 1 unspecified atom stereocenters. The molecule has 0 aromatic heterocycles. The molecule has 0 spiro atoms. The molecule has 0 radical (unpaired) electrons. The fourth-order valence-electron chi connectivity index (χ4n) is 7.32. The Morgan fingerprint density at radius 1 is 1.08 bits per heavy atom. The predicted octanol–water partition coefficient (Wildman–Crippen LogP) is 4.73. The summed E-state index contributed by atoms with van der Waals surface area (Å²) in [4.78, 5) is 22.2. The van der Waals surface area contributed by atoms with E-state index in [1.165, 1.54) is 20.0 Å². The van der Waals surface area contributed by atoms with E-state index >= 15 is 0 Å². The van der Waals surface area contributed by atoms with Gasteiger partial charge in [0.25, 0.3) is 0 Å². The molecule has 5 nitrogen and oxygen atoms in total. The number of fused-ring (bicyclic) bond motifs is 5. The van der Waals surface area contributed by atoms with Crippen LogP contribution in [0.1, 0.15) is 71.6 Å². The smallest absolute Gasteiger partial charge is 0.302 e. The summed E-state index contributed by atoms with van der Waals surface area (Å²) in [5.74, 6) is 2.99. The molecule has 0 aliphatic heterocycles. The van der Waals surface area contributed by atoms with Gasteiger partial charge in [-0.15, -0.1) is 0 Å². The zero-order chi connectivity index (χ0) is 18.7. The lowest BCUT2D eigenvalue weighted by Gasteiger charge is -2.60. The van der Waals surface area contributed by atoms with Crippen molar-refractivity contribution in [2.75, 3.05) is 7.11 Å². The van der Waals surface area contributed by atoms with E-state index in [1.54, 1.807) is 0 Å². The van der Waals surface area contributed by atoms with E-state index in [0.717, 1.165) is 44.9 Å². The normalized spacial score (nSPS) is 50.5. The molecule has 148 valence electrons. The van der Waals surface area contributed by atoms with Crippen LogP contribution in [0.5, 0.6) is 0 Å². The van der Waals surface area contributed by atoms with Crippen molar-refractivity contribution in [3.05, 3.63) is 0 Å². The molecular formula is C20H33O5P. The van der Waals surface area contributed by atoms with Crippen LogP contribution in [0.2, 0.25) is 0 Å².